The van der Waals surface area contributed by atoms with E-state index < -0.39 is 10.0 Å². The summed E-state index contributed by atoms with van der Waals surface area (Å²) in [5.41, 5.74) is 1.13. The molecule has 2 rings (SSSR count). The largest absolute Gasteiger partial charge is 0.354 e. The number of unbranched alkanes of at least 4 members (excludes halogenated alkanes) is 1. The molecule has 0 aromatic heterocycles. The number of sulfonamides is 1. The maximum atomic E-state index is 13.4. The van der Waals surface area contributed by atoms with Gasteiger partial charge in [0.05, 0.1) is 10.6 Å². The van der Waals surface area contributed by atoms with Gasteiger partial charge in [0.2, 0.25) is 5.91 Å². The van der Waals surface area contributed by atoms with Gasteiger partial charge in [-0.15, -0.1) is 0 Å². The molecule has 0 bridgehead atoms. The molecule has 0 aliphatic rings. The molecule has 0 aliphatic carbocycles. The van der Waals surface area contributed by atoms with Crippen molar-refractivity contribution in [2.45, 2.75) is 51.3 Å². The number of carbonyl (C=O) groups is 1. The molecule has 1 N–H and O–H groups in total. The Kier molecular flexibility index (Phi) is 9.18. The maximum absolute atomic E-state index is 13.4. The van der Waals surface area contributed by atoms with E-state index in [1.807, 2.05) is 0 Å². The van der Waals surface area contributed by atoms with Gasteiger partial charge >= 0.3 is 0 Å². The van der Waals surface area contributed by atoms with Crippen molar-refractivity contribution in [3.63, 3.8) is 0 Å². The molecule has 0 saturated carbocycles. The molecule has 0 fully saturated rings. The first-order valence-corrected chi connectivity index (χ1v) is 12.2. The van der Waals surface area contributed by atoms with Crippen molar-refractivity contribution in [3.05, 3.63) is 59.1 Å². The number of halogens is 1. The van der Waals surface area contributed by atoms with Crippen LogP contribution in [0.25, 0.3) is 0 Å². The number of rotatable bonds is 11. The number of nitrogens with zero attached hydrogens (tertiary/aromatic N) is 1. The zero-order valence-corrected chi connectivity index (χ0v) is 19.5. The number of hydrogen-bond donors (Lipinski definition) is 1. The van der Waals surface area contributed by atoms with Crippen LogP contribution in [-0.2, 0) is 14.8 Å². The van der Waals surface area contributed by atoms with Crippen LogP contribution in [0.15, 0.2) is 53.4 Å². The number of benzene rings is 2. The van der Waals surface area contributed by atoms with Gasteiger partial charge in [-0.3, -0.25) is 9.10 Å². The van der Waals surface area contributed by atoms with Crippen molar-refractivity contribution in [1.82, 2.24) is 5.32 Å². The molecule has 0 unspecified atom stereocenters. The maximum Gasteiger partial charge on any atom is 0.264 e. The van der Waals surface area contributed by atoms with E-state index >= 15 is 0 Å². The first kappa shape index (κ1) is 24.2. The molecule has 0 aliphatic heterocycles. The van der Waals surface area contributed by atoms with Gasteiger partial charge in [0.15, 0.2) is 0 Å². The van der Waals surface area contributed by atoms with E-state index in [9.17, 15) is 13.2 Å². The topological polar surface area (TPSA) is 66.5 Å². The molecule has 0 heterocycles. The van der Waals surface area contributed by atoms with Gasteiger partial charge in [0.1, 0.15) is 6.54 Å². The van der Waals surface area contributed by atoms with E-state index in [1.54, 1.807) is 43.3 Å². The Morgan fingerprint density at radius 2 is 1.83 bits per heavy atom. The van der Waals surface area contributed by atoms with E-state index in [4.69, 9.17) is 11.6 Å². The lowest BCUT2D eigenvalue weighted by molar-refractivity contribution is -0.119. The summed E-state index contributed by atoms with van der Waals surface area (Å²) in [5, 5.41) is 3.33. The summed E-state index contributed by atoms with van der Waals surface area (Å²) < 4.78 is 27.9. The first-order valence-electron chi connectivity index (χ1n) is 10.4. The average Bonchev–Trinajstić information content (AvgIpc) is 2.74. The molecule has 0 saturated heterocycles. The molecule has 5 nitrogen and oxygen atoms in total. The summed E-state index contributed by atoms with van der Waals surface area (Å²) >= 11 is 6.14. The average molecular weight is 451 g/mol. The molecular formula is C23H31ClN2O3S. The van der Waals surface area contributed by atoms with Gasteiger partial charge in [0, 0.05) is 11.6 Å². The van der Waals surface area contributed by atoms with E-state index in [-0.39, 0.29) is 17.3 Å². The Bertz CT molecular complexity index is 933. The Balaban J connectivity index is 2.29. The van der Waals surface area contributed by atoms with Gasteiger partial charge in [-0.1, -0.05) is 69.0 Å². The normalized spacial score (nSPS) is 12.4. The molecule has 30 heavy (non-hydrogen) atoms. The minimum Gasteiger partial charge on any atom is -0.354 e. The van der Waals surface area contributed by atoms with E-state index in [0.29, 0.717) is 23.2 Å². The highest BCUT2D eigenvalue weighted by atomic mass is 35.5. The van der Waals surface area contributed by atoms with Gasteiger partial charge in [0.25, 0.3) is 10.0 Å². The number of anilines is 1. The summed E-state index contributed by atoms with van der Waals surface area (Å²) in [5.74, 6) is 0.0600. The molecule has 2 aromatic rings. The van der Waals surface area contributed by atoms with Crippen LogP contribution in [0.1, 0.15) is 45.1 Å². The van der Waals surface area contributed by atoms with Crippen LogP contribution in [-0.4, -0.2) is 27.4 Å². The number of carbonyl (C=O) groups excluding carboxylic acids is 1. The number of hydrogen-bond acceptors (Lipinski definition) is 3. The number of aryl methyl sites for hydroxylation is 1. The van der Waals surface area contributed by atoms with Crippen molar-refractivity contribution in [2.24, 2.45) is 5.92 Å². The van der Waals surface area contributed by atoms with Crippen LogP contribution in [0.2, 0.25) is 5.02 Å². The lowest BCUT2D eigenvalue weighted by Gasteiger charge is -2.26. The smallest absolute Gasteiger partial charge is 0.264 e. The van der Waals surface area contributed by atoms with Crippen LogP contribution in [0.5, 0.6) is 0 Å². The quantitative estimate of drug-likeness (QED) is 0.513. The molecule has 1 atom stereocenters. The second-order valence-corrected chi connectivity index (χ2v) is 9.77. The van der Waals surface area contributed by atoms with Crippen LogP contribution >= 0.6 is 11.6 Å². The molecule has 0 radical (unpaired) electrons. The Labute approximate surface area is 185 Å². The summed E-state index contributed by atoms with van der Waals surface area (Å²) in [6.07, 6.45) is 4.25. The zero-order valence-electron chi connectivity index (χ0n) is 17.9. The molecule has 0 spiro atoms. The Hall–Kier alpha value is -2.05. The van der Waals surface area contributed by atoms with Crippen molar-refractivity contribution in [1.29, 1.82) is 0 Å². The minimum atomic E-state index is -3.93. The van der Waals surface area contributed by atoms with Gasteiger partial charge in [-0.2, -0.15) is 0 Å². The van der Waals surface area contributed by atoms with Crippen LogP contribution in [0, 0.1) is 12.8 Å². The van der Waals surface area contributed by atoms with Crippen LogP contribution < -0.4 is 9.62 Å². The monoisotopic (exact) mass is 450 g/mol. The van der Waals surface area contributed by atoms with Crippen molar-refractivity contribution in [2.75, 3.05) is 17.4 Å². The Morgan fingerprint density at radius 1 is 1.13 bits per heavy atom. The Morgan fingerprint density at radius 3 is 2.47 bits per heavy atom. The van der Waals surface area contributed by atoms with Crippen molar-refractivity contribution in [3.8, 4) is 0 Å². The highest BCUT2D eigenvalue weighted by Crippen LogP contribution is 2.29. The highest BCUT2D eigenvalue weighted by molar-refractivity contribution is 7.92. The second-order valence-electron chi connectivity index (χ2n) is 7.48. The molecule has 1 amide bonds. The molecular weight excluding hydrogens is 420 g/mol. The van der Waals surface area contributed by atoms with Gasteiger partial charge in [-0.25, -0.2) is 8.42 Å². The predicted octanol–water partition coefficient (Wildman–Crippen LogP) is 5.18. The molecule has 7 heteroatoms. The van der Waals surface area contributed by atoms with E-state index in [2.05, 4.69) is 19.2 Å². The zero-order chi connectivity index (χ0) is 22.1. The highest BCUT2D eigenvalue weighted by Gasteiger charge is 2.28. The minimum absolute atomic E-state index is 0.131. The second kappa shape index (κ2) is 11.4. The molecule has 164 valence electrons. The fraction of sp³-hybridized carbons (Fsp3) is 0.435. The van der Waals surface area contributed by atoms with Gasteiger partial charge in [-0.05, 0) is 49.1 Å². The van der Waals surface area contributed by atoms with Crippen LogP contribution in [0.3, 0.4) is 0 Å². The summed E-state index contributed by atoms with van der Waals surface area (Å²) in [6, 6.07) is 13.2. The summed E-state index contributed by atoms with van der Waals surface area (Å²) in [7, 11) is -3.93. The van der Waals surface area contributed by atoms with Crippen molar-refractivity contribution >= 4 is 33.2 Å². The summed E-state index contributed by atoms with van der Waals surface area (Å²) in [4.78, 5) is 12.9. The lowest BCUT2D eigenvalue weighted by Crippen LogP contribution is -2.42. The number of nitrogens with one attached hydrogen (secondary N) is 1. The number of amides is 1. The standard InChI is InChI=1S/C23H31ClN2O3S/c1-4-6-10-19(5-2)16-25-23(27)17-26(22-15-20(24)14-13-18(22)3)30(28,29)21-11-8-7-9-12-21/h7-9,11-15,19H,4-6,10,16-17H2,1-3H3,(H,25,27)/t19-/m0/s1. The third kappa shape index (κ3) is 6.47. The first-order chi connectivity index (χ1) is 14.3. The fourth-order valence-electron chi connectivity index (χ4n) is 3.26. The summed E-state index contributed by atoms with van der Waals surface area (Å²) in [6.45, 7) is 6.29. The SMILES string of the molecule is CCCC[C@H](CC)CNC(=O)CN(c1cc(Cl)ccc1C)S(=O)(=O)c1ccccc1. The van der Waals surface area contributed by atoms with Gasteiger partial charge < -0.3 is 5.32 Å². The molecule has 2 aromatic carbocycles. The van der Waals surface area contributed by atoms with E-state index in [1.165, 1.54) is 12.1 Å². The van der Waals surface area contributed by atoms with Crippen molar-refractivity contribution < 1.29 is 13.2 Å². The fourth-order valence-corrected chi connectivity index (χ4v) is 4.92. The third-order valence-electron chi connectivity index (χ3n) is 5.19. The predicted molar refractivity (Wildman–Crippen MR) is 123 cm³/mol. The van der Waals surface area contributed by atoms with Crippen LogP contribution in [0.4, 0.5) is 5.69 Å². The lowest BCUT2D eigenvalue weighted by atomic mass is 9.99. The third-order valence-corrected chi connectivity index (χ3v) is 7.20. The van der Waals surface area contributed by atoms with E-state index in [0.717, 1.165) is 35.6 Å².